The topological polar surface area (TPSA) is 52.7 Å². The van der Waals surface area contributed by atoms with Crippen LogP contribution >= 0.6 is 0 Å². The number of hydrogen-bond acceptors (Lipinski definition) is 3. The van der Waals surface area contributed by atoms with Crippen molar-refractivity contribution in [2.75, 3.05) is 31.1 Å². The lowest BCUT2D eigenvalue weighted by atomic mass is 10.0. The molecule has 2 heterocycles. The number of piperidine rings is 1. The Labute approximate surface area is 163 Å². The first-order chi connectivity index (χ1) is 12.9. The predicted octanol–water partition coefficient (Wildman–Crippen LogP) is 3.36. The third-order valence-corrected chi connectivity index (χ3v) is 5.61. The normalized spacial score (nSPS) is 18.2. The zero-order valence-electron chi connectivity index (χ0n) is 17.0. The maximum Gasteiger partial charge on any atom is 0.253 e. The van der Waals surface area contributed by atoms with Crippen molar-refractivity contribution in [1.82, 2.24) is 10.2 Å². The van der Waals surface area contributed by atoms with Crippen LogP contribution in [0.15, 0.2) is 18.2 Å². The zero-order chi connectivity index (χ0) is 19.4. The summed E-state index contributed by atoms with van der Waals surface area (Å²) >= 11 is 0. The summed E-state index contributed by atoms with van der Waals surface area (Å²) in [5.74, 6) is 0.651. The van der Waals surface area contributed by atoms with Gasteiger partial charge < -0.3 is 15.1 Å². The van der Waals surface area contributed by atoms with Gasteiger partial charge in [0.25, 0.3) is 5.91 Å². The van der Waals surface area contributed by atoms with Crippen molar-refractivity contribution in [3.8, 4) is 0 Å². The first-order valence-corrected chi connectivity index (χ1v) is 10.4. The summed E-state index contributed by atoms with van der Waals surface area (Å²) in [6.45, 7) is 9.71. The van der Waals surface area contributed by atoms with Crippen LogP contribution in [0.1, 0.15) is 61.9 Å². The number of carbonyl (C=O) groups is 2. The molecule has 148 valence electrons. The van der Waals surface area contributed by atoms with Gasteiger partial charge in [0.05, 0.1) is 5.56 Å². The number of amides is 2. The van der Waals surface area contributed by atoms with Gasteiger partial charge in [-0.1, -0.05) is 25.5 Å². The van der Waals surface area contributed by atoms with E-state index in [0.717, 1.165) is 55.8 Å². The fraction of sp³-hybridized carbons (Fsp3) is 0.636. The minimum atomic E-state index is 0.0209. The largest absolute Gasteiger partial charge is 0.371 e. The van der Waals surface area contributed by atoms with Crippen molar-refractivity contribution in [1.29, 1.82) is 0 Å². The minimum Gasteiger partial charge on any atom is -0.371 e. The lowest BCUT2D eigenvalue weighted by molar-refractivity contribution is -0.133. The molecule has 5 nitrogen and oxygen atoms in total. The quantitative estimate of drug-likeness (QED) is 0.863. The summed E-state index contributed by atoms with van der Waals surface area (Å²) in [5.41, 5.74) is 2.95. The van der Waals surface area contributed by atoms with Gasteiger partial charge in [0.2, 0.25) is 5.91 Å². The fourth-order valence-electron chi connectivity index (χ4n) is 4.08. The van der Waals surface area contributed by atoms with Crippen LogP contribution in [-0.2, 0) is 4.79 Å². The van der Waals surface area contributed by atoms with E-state index in [0.29, 0.717) is 12.3 Å². The Morgan fingerprint density at radius 3 is 2.41 bits per heavy atom. The molecule has 2 aliphatic heterocycles. The van der Waals surface area contributed by atoms with Gasteiger partial charge in [0.1, 0.15) is 0 Å². The Bertz CT molecular complexity index is 672. The van der Waals surface area contributed by atoms with Gasteiger partial charge in [-0.3, -0.25) is 9.59 Å². The number of carbonyl (C=O) groups excluding carboxylic acids is 2. The van der Waals surface area contributed by atoms with Crippen LogP contribution in [0.2, 0.25) is 0 Å². The molecule has 0 spiro atoms. The molecule has 27 heavy (non-hydrogen) atoms. The molecule has 1 aromatic carbocycles. The highest BCUT2D eigenvalue weighted by molar-refractivity contribution is 6.00. The molecule has 3 rings (SSSR count). The Morgan fingerprint density at radius 1 is 1.11 bits per heavy atom. The van der Waals surface area contributed by atoms with Gasteiger partial charge in [-0.15, -0.1) is 0 Å². The van der Waals surface area contributed by atoms with Crippen molar-refractivity contribution in [3.05, 3.63) is 29.3 Å². The highest BCUT2D eigenvalue weighted by Gasteiger charge is 2.26. The monoisotopic (exact) mass is 371 g/mol. The van der Waals surface area contributed by atoms with Crippen LogP contribution in [0.4, 0.5) is 5.69 Å². The number of anilines is 1. The summed E-state index contributed by atoms with van der Waals surface area (Å²) in [5, 5.41) is 3.22. The van der Waals surface area contributed by atoms with E-state index >= 15 is 0 Å². The van der Waals surface area contributed by atoms with E-state index in [1.54, 1.807) is 0 Å². The Hall–Kier alpha value is -2.04. The number of benzene rings is 1. The number of hydrogen-bond donors (Lipinski definition) is 1. The summed E-state index contributed by atoms with van der Waals surface area (Å²) in [6, 6.07) is 6.32. The molecule has 2 saturated heterocycles. The molecular formula is C22H33N3O2. The fourth-order valence-corrected chi connectivity index (χ4v) is 4.08. The first kappa shape index (κ1) is 19.7. The Kier molecular flexibility index (Phi) is 6.40. The lowest BCUT2D eigenvalue weighted by Gasteiger charge is -2.33. The van der Waals surface area contributed by atoms with Crippen molar-refractivity contribution in [2.45, 2.75) is 58.9 Å². The van der Waals surface area contributed by atoms with Crippen LogP contribution in [-0.4, -0.2) is 48.9 Å². The molecular weight excluding hydrogens is 338 g/mol. The minimum absolute atomic E-state index is 0.0209. The van der Waals surface area contributed by atoms with E-state index in [1.165, 1.54) is 12.8 Å². The second-order valence-corrected chi connectivity index (χ2v) is 8.44. The summed E-state index contributed by atoms with van der Waals surface area (Å²) in [7, 11) is 0. The SMILES string of the molecule is Cc1ccc(N2CCCC2)c(C(=O)NC2CCN(C(=O)CC(C)C)CC2)c1. The first-order valence-electron chi connectivity index (χ1n) is 10.4. The molecule has 1 aromatic rings. The van der Waals surface area contributed by atoms with Gasteiger partial charge in [0, 0.05) is 44.3 Å². The van der Waals surface area contributed by atoms with E-state index in [4.69, 9.17) is 0 Å². The van der Waals surface area contributed by atoms with Gasteiger partial charge in [-0.2, -0.15) is 0 Å². The maximum absolute atomic E-state index is 13.0. The standard InChI is InChI=1S/C22H33N3O2/c1-16(2)14-21(26)25-12-8-18(9-13-25)23-22(27)19-15-17(3)6-7-20(19)24-10-4-5-11-24/h6-7,15-16,18H,4-5,8-14H2,1-3H3,(H,23,27). The van der Waals surface area contributed by atoms with Crippen molar-refractivity contribution in [2.24, 2.45) is 5.92 Å². The third kappa shape index (κ3) is 5.02. The van der Waals surface area contributed by atoms with Gasteiger partial charge in [-0.25, -0.2) is 0 Å². The molecule has 2 aliphatic rings. The zero-order valence-corrected chi connectivity index (χ0v) is 17.0. The number of nitrogens with zero attached hydrogens (tertiary/aromatic N) is 2. The van der Waals surface area contributed by atoms with E-state index in [-0.39, 0.29) is 17.9 Å². The Balaban J connectivity index is 1.60. The number of rotatable bonds is 5. The molecule has 0 bridgehead atoms. The highest BCUT2D eigenvalue weighted by atomic mass is 16.2. The molecule has 0 aromatic heterocycles. The predicted molar refractivity (Wildman–Crippen MR) is 109 cm³/mol. The summed E-state index contributed by atoms with van der Waals surface area (Å²) in [6.07, 6.45) is 4.66. The van der Waals surface area contributed by atoms with Crippen molar-refractivity contribution in [3.63, 3.8) is 0 Å². The molecule has 1 N–H and O–H groups in total. The lowest BCUT2D eigenvalue weighted by Crippen LogP contribution is -2.47. The Morgan fingerprint density at radius 2 is 1.78 bits per heavy atom. The number of likely N-dealkylation sites (tertiary alicyclic amines) is 1. The van der Waals surface area contributed by atoms with Crippen molar-refractivity contribution < 1.29 is 9.59 Å². The van der Waals surface area contributed by atoms with Crippen LogP contribution in [0, 0.1) is 12.8 Å². The van der Waals surface area contributed by atoms with Crippen LogP contribution in [0.5, 0.6) is 0 Å². The second-order valence-electron chi connectivity index (χ2n) is 8.44. The highest BCUT2D eigenvalue weighted by Crippen LogP contribution is 2.26. The number of nitrogens with one attached hydrogen (secondary N) is 1. The smallest absolute Gasteiger partial charge is 0.253 e. The van der Waals surface area contributed by atoms with Gasteiger partial charge >= 0.3 is 0 Å². The molecule has 0 saturated carbocycles. The van der Waals surface area contributed by atoms with E-state index in [1.807, 2.05) is 17.9 Å². The van der Waals surface area contributed by atoms with Crippen LogP contribution in [0.25, 0.3) is 0 Å². The van der Waals surface area contributed by atoms with E-state index in [9.17, 15) is 9.59 Å². The average molecular weight is 372 g/mol. The molecule has 5 heteroatoms. The molecule has 0 atom stereocenters. The van der Waals surface area contributed by atoms with Crippen molar-refractivity contribution >= 4 is 17.5 Å². The van der Waals surface area contributed by atoms with Gasteiger partial charge in [0.15, 0.2) is 0 Å². The van der Waals surface area contributed by atoms with Crippen LogP contribution < -0.4 is 10.2 Å². The maximum atomic E-state index is 13.0. The number of aryl methyl sites for hydroxylation is 1. The average Bonchev–Trinajstić information content (AvgIpc) is 3.16. The molecule has 0 aliphatic carbocycles. The van der Waals surface area contributed by atoms with Gasteiger partial charge in [-0.05, 0) is 50.7 Å². The molecule has 2 amide bonds. The van der Waals surface area contributed by atoms with E-state index < -0.39 is 0 Å². The summed E-state index contributed by atoms with van der Waals surface area (Å²) < 4.78 is 0. The third-order valence-electron chi connectivity index (χ3n) is 5.61. The summed E-state index contributed by atoms with van der Waals surface area (Å²) in [4.78, 5) is 29.5. The molecule has 0 unspecified atom stereocenters. The molecule has 0 radical (unpaired) electrons. The van der Waals surface area contributed by atoms with E-state index in [2.05, 4.69) is 36.2 Å². The molecule has 2 fully saturated rings. The second kappa shape index (κ2) is 8.77. The van der Waals surface area contributed by atoms with Crippen LogP contribution in [0.3, 0.4) is 0 Å².